The van der Waals surface area contributed by atoms with Gasteiger partial charge < -0.3 is 25.9 Å². The molecule has 8 rings (SSSR count). The number of hydrogen-bond donors (Lipinski definition) is 4. The first-order valence-corrected chi connectivity index (χ1v) is 13.7. The van der Waals surface area contributed by atoms with Gasteiger partial charge in [0.2, 0.25) is 0 Å². The molecule has 2 atom stereocenters. The molecule has 3 aliphatic rings. The lowest BCUT2D eigenvalue weighted by atomic mass is 9.84. The van der Waals surface area contributed by atoms with Gasteiger partial charge in [-0.1, -0.05) is 0 Å². The van der Waals surface area contributed by atoms with Gasteiger partial charge in [0, 0.05) is 56.9 Å². The van der Waals surface area contributed by atoms with Crippen LogP contribution in [0, 0.1) is 12.8 Å². The van der Waals surface area contributed by atoms with Crippen LogP contribution in [0.2, 0.25) is 0 Å². The highest BCUT2D eigenvalue weighted by Gasteiger charge is 2.68. The molecule has 2 aliphatic carbocycles. The number of amides is 2. The first-order chi connectivity index (χ1) is 18.8. The summed E-state index contributed by atoms with van der Waals surface area (Å²) in [5.41, 5.74) is 12.5. The van der Waals surface area contributed by atoms with Crippen molar-refractivity contribution in [2.45, 2.75) is 18.8 Å². The molecule has 2 fully saturated rings. The first kappa shape index (κ1) is 22.4. The van der Waals surface area contributed by atoms with Gasteiger partial charge >= 0.3 is 0 Å². The molecule has 1 saturated carbocycles. The largest absolute Gasteiger partial charge is 0.399 e. The topological polar surface area (TPSA) is 124 Å². The van der Waals surface area contributed by atoms with Crippen LogP contribution in [-0.4, -0.2) is 39.0 Å². The fourth-order valence-corrected chi connectivity index (χ4v) is 7.62. The number of thiophene rings is 1. The zero-order chi connectivity index (χ0) is 26.6. The van der Waals surface area contributed by atoms with Gasteiger partial charge in [0.15, 0.2) is 5.78 Å². The molecule has 0 unspecified atom stereocenters. The maximum absolute atomic E-state index is 13.7. The summed E-state index contributed by atoms with van der Waals surface area (Å²) in [6.45, 7) is 2.67. The van der Waals surface area contributed by atoms with Crippen molar-refractivity contribution in [2.75, 3.05) is 17.6 Å². The van der Waals surface area contributed by atoms with Crippen LogP contribution in [0.4, 0.5) is 11.4 Å². The number of carbonyl (C=O) groups is 3. The summed E-state index contributed by atoms with van der Waals surface area (Å²) in [6.07, 6.45) is 2.66. The number of H-pyrrole nitrogens is 2. The molecule has 9 heteroatoms. The van der Waals surface area contributed by atoms with Gasteiger partial charge in [-0.15, -0.1) is 11.3 Å². The maximum Gasteiger partial charge on any atom is 0.274 e. The number of allylic oxidation sites excluding steroid dienone is 2. The molecule has 1 aliphatic heterocycles. The third-order valence-electron chi connectivity index (χ3n) is 8.41. The number of likely N-dealkylation sites (tertiary alicyclic amines) is 1. The van der Waals surface area contributed by atoms with E-state index in [1.54, 1.807) is 29.2 Å². The average molecular weight is 534 g/mol. The number of nitrogen functional groups attached to an aromatic ring is 1. The van der Waals surface area contributed by atoms with Crippen LogP contribution in [-0.2, 0) is 5.41 Å². The minimum absolute atomic E-state index is 0.00969. The SMILES string of the molecule is Cc1csc2c1[C@@]13C[C@@H]1CN(C(=O)c1cc4cc(NC(=O)c5cc6cc(N)ccc6[nH]5)ccc4[nH]1)C3=CC2=O. The number of nitrogens with one attached hydrogen (secondary N) is 3. The number of nitrogens with zero attached hydrogens (tertiary/aromatic N) is 1. The standard InChI is InChI=1S/C30H23N5O3S/c1-14-13-39-27-24(36)10-25-30(26(14)27)11-17(30)12-35(25)29(38)23-9-16-7-19(3-5-21(16)34-23)32-28(37)22-8-15-6-18(31)2-4-20(15)33-22/h2-10,13,17,33-34H,11-12,31H2,1H3,(H,32,37)/t17-,30+/m1/s1. The minimum atomic E-state index is -0.269. The minimum Gasteiger partial charge on any atom is -0.399 e. The van der Waals surface area contributed by atoms with E-state index in [2.05, 4.69) is 27.6 Å². The Bertz CT molecular complexity index is 1960. The smallest absolute Gasteiger partial charge is 0.274 e. The van der Waals surface area contributed by atoms with Gasteiger partial charge in [0.05, 0.1) is 4.88 Å². The van der Waals surface area contributed by atoms with Crippen molar-refractivity contribution < 1.29 is 14.4 Å². The molecule has 5 aromatic rings. The Morgan fingerprint density at radius 2 is 1.79 bits per heavy atom. The van der Waals surface area contributed by atoms with Crippen molar-refractivity contribution in [2.24, 2.45) is 5.92 Å². The van der Waals surface area contributed by atoms with E-state index in [4.69, 9.17) is 5.73 Å². The number of nitrogens with two attached hydrogens (primary N) is 1. The molecule has 8 nitrogen and oxygen atoms in total. The fraction of sp³-hybridized carbons (Fsp3) is 0.167. The van der Waals surface area contributed by atoms with Crippen molar-refractivity contribution in [3.63, 3.8) is 0 Å². The van der Waals surface area contributed by atoms with Crippen molar-refractivity contribution >= 4 is 62.1 Å². The molecule has 1 saturated heterocycles. The van der Waals surface area contributed by atoms with E-state index in [1.807, 2.05) is 30.3 Å². The van der Waals surface area contributed by atoms with Crippen LogP contribution >= 0.6 is 11.3 Å². The number of aromatic amines is 2. The normalized spacial score (nSPS) is 21.1. The van der Waals surface area contributed by atoms with E-state index in [9.17, 15) is 14.4 Å². The van der Waals surface area contributed by atoms with Crippen LogP contribution in [0.15, 0.2) is 65.7 Å². The lowest BCUT2D eigenvalue weighted by Gasteiger charge is -2.28. The summed E-state index contributed by atoms with van der Waals surface area (Å²) in [4.78, 5) is 48.4. The van der Waals surface area contributed by atoms with Crippen molar-refractivity contribution in [1.82, 2.24) is 14.9 Å². The number of piperidine rings is 1. The monoisotopic (exact) mass is 533 g/mol. The van der Waals surface area contributed by atoms with Crippen molar-refractivity contribution in [3.05, 3.63) is 93.1 Å². The van der Waals surface area contributed by atoms with E-state index >= 15 is 0 Å². The summed E-state index contributed by atoms with van der Waals surface area (Å²) in [7, 11) is 0. The summed E-state index contributed by atoms with van der Waals surface area (Å²) < 4.78 is 0. The van der Waals surface area contributed by atoms with Crippen LogP contribution < -0.4 is 11.1 Å². The Morgan fingerprint density at radius 3 is 2.64 bits per heavy atom. The summed E-state index contributed by atoms with van der Waals surface area (Å²) in [5, 5.41) is 6.66. The molecule has 1 spiro atoms. The number of ketones is 1. The number of aromatic nitrogens is 2. The number of rotatable bonds is 3. The molecule has 2 amide bonds. The molecule has 4 heterocycles. The molecular weight excluding hydrogens is 510 g/mol. The molecule has 0 radical (unpaired) electrons. The number of fused-ring (bicyclic) bond motifs is 3. The second-order valence-electron chi connectivity index (χ2n) is 10.8. The molecule has 0 bridgehead atoms. The summed E-state index contributed by atoms with van der Waals surface area (Å²) in [6, 6.07) is 14.5. The fourth-order valence-electron chi connectivity index (χ4n) is 6.57. The van der Waals surface area contributed by atoms with Gasteiger partial charge in [0.25, 0.3) is 11.8 Å². The molecule has 3 aromatic heterocycles. The average Bonchev–Trinajstić information content (AvgIpc) is 3.36. The van der Waals surface area contributed by atoms with Gasteiger partial charge in [-0.25, -0.2) is 0 Å². The lowest BCUT2D eigenvalue weighted by Crippen LogP contribution is -2.33. The van der Waals surface area contributed by atoms with Crippen molar-refractivity contribution in [3.8, 4) is 0 Å². The van der Waals surface area contributed by atoms with Crippen LogP contribution in [0.3, 0.4) is 0 Å². The number of hydrogen-bond acceptors (Lipinski definition) is 5. The maximum atomic E-state index is 13.7. The number of carbonyl (C=O) groups excluding carboxylic acids is 3. The van der Waals surface area contributed by atoms with Crippen LogP contribution in [0.25, 0.3) is 21.8 Å². The molecule has 39 heavy (non-hydrogen) atoms. The van der Waals surface area contributed by atoms with E-state index in [-0.39, 0.29) is 23.0 Å². The second kappa shape index (κ2) is 7.48. The Balaban J connectivity index is 1.06. The number of aryl methyl sites for hydroxylation is 1. The van der Waals surface area contributed by atoms with E-state index in [1.165, 1.54) is 11.3 Å². The van der Waals surface area contributed by atoms with Crippen LogP contribution in [0.5, 0.6) is 0 Å². The van der Waals surface area contributed by atoms with Gasteiger partial charge in [0.1, 0.15) is 11.4 Å². The third kappa shape index (κ3) is 3.07. The predicted molar refractivity (Wildman–Crippen MR) is 151 cm³/mol. The summed E-state index contributed by atoms with van der Waals surface area (Å²) >= 11 is 1.51. The highest BCUT2D eigenvalue weighted by atomic mass is 32.1. The number of anilines is 2. The Hall–Kier alpha value is -4.63. The van der Waals surface area contributed by atoms with Gasteiger partial charge in [-0.2, -0.15) is 0 Å². The highest BCUT2D eigenvalue weighted by molar-refractivity contribution is 7.12. The Morgan fingerprint density at radius 1 is 1.05 bits per heavy atom. The highest BCUT2D eigenvalue weighted by Crippen LogP contribution is 2.68. The zero-order valence-electron chi connectivity index (χ0n) is 20.9. The summed E-state index contributed by atoms with van der Waals surface area (Å²) in [5.74, 6) is -0.0738. The number of benzene rings is 2. The molecular formula is C30H23N5O3S. The van der Waals surface area contributed by atoms with Crippen molar-refractivity contribution in [1.29, 1.82) is 0 Å². The quantitative estimate of drug-likeness (QED) is 0.234. The van der Waals surface area contributed by atoms with E-state index in [0.717, 1.165) is 49.9 Å². The molecule has 192 valence electrons. The Kier molecular flexibility index (Phi) is 4.29. The van der Waals surface area contributed by atoms with Gasteiger partial charge in [-0.3, -0.25) is 14.4 Å². The van der Waals surface area contributed by atoms with Crippen LogP contribution in [0.1, 0.15) is 48.2 Å². The molecule has 5 N–H and O–H groups in total. The van der Waals surface area contributed by atoms with E-state index < -0.39 is 0 Å². The third-order valence-corrected chi connectivity index (χ3v) is 9.52. The van der Waals surface area contributed by atoms with Gasteiger partial charge in [-0.05, 0) is 84.3 Å². The predicted octanol–water partition coefficient (Wildman–Crippen LogP) is 5.35. The lowest BCUT2D eigenvalue weighted by molar-refractivity contribution is 0.0806. The first-order valence-electron chi connectivity index (χ1n) is 12.8. The van der Waals surface area contributed by atoms with E-state index in [0.29, 0.717) is 35.2 Å². The molecule has 2 aromatic carbocycles. The zero-order valence-corrected chi connectivity index (χ0v) is 21.7. The second-order valence-corrected chi connectivity index (χ2v) is 11.7. The Labute approximate surface area is 226 Å².